The molecule has 672 valence electrons. The summed E-state index contributed by atoms with van der Waals surface area (Å²) in [6.07, 6.45) is 27.0. The Bertz CT molecular complexity index is 6290. The van der Waals surface area contributed by atoms with Gasteiger partial charge in [0, 0.05) is 176 Å². The van der Waals surface area contributed by atoms with Gasteiger partial charge in [-0.25, -0.2) is 24.9 Å². The molecule has 0 bridgehead atoms. The number of aromatic nitrogens is 9. The van der Waals surface area contributed by atoms with Crippen molar-refractivity contribution in [2.24, 2.45) is 0 Å². The van der Waals surface area contributed by atoms with Crippen LogP contribution in [0.25, 0.3) is 45.0 Å². The standard InChI is InChI=1S/C29H29N5O2.C25H30N6O2.C25H27N5O2.C22H23N5O2S/c35-28(22-12-14-24(15-13-22)34-16-5-2-6-17-34)33-26-18-23(20-31-29(26)36)25-10-7-11-27(32-25)30-19-21-8-3-1-4-9-21;1-26-12-13-27-23-7-5-6-21(29-23)19-16-22(25(33)28-17-19)30-24(32)18-8-10-20(11-9-18)31-14-3-2-4-15-31;31-24(17-7-11-20(12-8-17)30-13-2-1-3-14-30)29-22-15-18(16-26-25(22)32)21-5-4-6-23(28-21)27-19-9-10-19;1-30-22-23-10-9-18(26-22)16-13-19(21(29)24-14-16)25-20(28)15-5-7-17(8-6-15)27-11-3-2-4-12-27/h1,3-4,7-15,18,20H,2,5-6,16-17,19H2,(H,30,32)(H,31,36)(H,33,35);5-11,16-17,26H,2-4,12-15H2,1H3,(H,27,29)(H,28,33)(H,30,32);4-8,11-12,15-16,19H,1-3,9-10,13-14H2,(H,26,32)(H,27,28)(H,29,31);5-10,13-14H,2-4,11-12H2,1H3,(H,24,29)(H,25,28). The van der Waals surface area contributed by atoms with Crippen molar-refractivity contribution >= 4 is 98.3 Å². The first-order chi connectivity index (χ1) is 64.1. The van der Waals surface area contributed by atoms with Gasteiger partial charge < -0.3 is 82.1 Å². The molecule has 0 spiro atoms. The molecule has 30 heteroatoms. The number of nitrogens with zero attached hydrogens (tertiary/aromatic N) is 9. The molecule has 1 aliphatic carbocycles. The van der Waals surface area contributed by atoms with Crippen LogP contribution in [0.15, 0.2) is 268 Å². The Kier molecular flexibility index (Phi) is 31.4. The van der Waals surface area contributed by atoms with Gasteiger partial charge in [0.2, 0.25) is 0 Å². The zero-order chi connectivity index (χ0) is 90.6. The number of H-pyrrole nitrogens is 4. The quantitative estimate of drug-likeness (QED) is 0.0136. The molecule has 0 unspecified atom stereocenters. The van der Waals surface area contributed by atoms with E-state index in [1.807, 2.05) is 147 Å². The number of nitrogens with one attached hydrogen (secondary N) is 12. The summed E-state index contributed by atoms with van der Waals surface area (Å²) in [5.74, 6) is 1.00. The number of amides is 4. The fourth-order valence-corrected chi connectivity index (χ4v) is 16.1. The second-order valence-electron chi connectivity index (χ2n) is 32.7. The lowest BCUT2D eigenvalue weighted by Gasteiger charge is -2.28. The van der Waals surface area contributed by atoms with Crippen molar-refractivity contribution in [1.82, 2.24) is 50.2 Å². The maximum atomic E-state index is 12.9. The van der Waals surface area contributed by atoms with Crippen LogP contribution in [0.3, 0.4) is 0 Å². The largest absolute Gasteiger partial charge is 0.372 e. The zero-order valence-electron chi connectivity index (χ0n) is 73.5. The lowest BCUT2D eigenvalue weighted by atomic mass is 10.1. The Balaban J connectivity index is 0.000000134. The summed E-state index contributed by atoms with van der Waals surface area (Å²) < 4.78 is 0. The molecule has 12 heterocycles. The average molecular weight is 1780 g/mol. The van der Waals surface area contributed by atoms with Crippen molar-refractivity contribution in [2.45, 2.75) is 108 Å². The maximum Gasteiger partial charge on any atom is 0.271 e. The molecule has 8 aromatic heterocycles. The van der Waals surface area contributed by atoms with Gasteiger partial charge in [-0.2, -0.15) is 0 Å². The number of hydrogen-bond donors (Lipinski definition) is 12. The van der Waals surface area contributed by atoms with Crippen LogP contribution in [0.5, 0.6) is 0 Å². The number of benzene rings is 5. The molecule has 5 aliphatic rings. The van der Waals surface area contributed by atoms with Gasteiger partial charge in [-0.15, -0.1) is 0 Å². The van der Waals surface area contributed by atoms with E-state index in [1.54, 1.807) is 97.7 Å². The summed E-state index contributed by atoms with van der Waals surface area (Å²) in [5.41, 5.74) is 12.6. The minimum atomic E-state index is -0.365. The lowest BCUT2D eigenvalue weighted by molar-refractivity contribution is 0.101. The van der Waals surface area contributed by atoms with E-state index in [1.165, 1.54) is 102 Å². The van der Waals surface area contributed by atoms with E-state index in [9.17, 15) is 38.4 Å². The highest BCUT2D eigenvalue weighted by molar-refractivity contribution is 7.98. The molecule has 0 radical (unpaired) electrons. The Hall–Kier alpha value is -14.8. The number of hydrogen-bond acceptors (Lipinski definition) is 22. The molecule has 12 N–H and O–H groups in total. The number of piperidine rings is 4. The number of anilines is 11. The Labute approximate surface area is 764 Å². The third kappa shape index (κ3) is 25.6. The zero-order valence-corrected chi connectivity index (χ0v) is 74.4. The molecule has 5 aromatic carbocycles. The van der Waals surface area contributed by atoms with Crippen LogP contribution in [-0.2, 0) is 6.54 Å². The molecule has 5 fully saturated rings. The van der Waals surface area contributed by atoms with Gasteiger partial charge in [-0.3, -0.25) is 38.4 Å². The Morgan fingerprint density at radius 1 is 0.359 bits per heavy atom. The van der Waals surface area contributed by atoms with Gasteiger partial charge in [0.1, 0.15) is 40.2 Å². The first-order valence-corrected chi connectivity index (χ1v) is 46.1. The number of pyridine rings is 7. The summed E-state index contributed by atoms with van der Waals surface area (Å²) in [6.45, 7) is 10.6. The van der Waals surface area contributed by atoms with Crippen LogP contribution in [0.4, 0.5) is 63.0 Å². The predicted molar refractivity (Wildman–Crippen MR) is 525 cm³/mol. The van der Waals surface area contributed by atoms with Crippen molar-refractivity contribution in [3.8, 4) is 45.0 Å². The lowest BCUT2D eigenvalue weighted by Crippen LogP contribution is -2.29. The summed E-state index contributed by atoms with van der Waals surface area (Å²) in [6, 6.07) is 66.2. The first kappa shape index (κ1) is 91.0. The molecule has 1 saturated carbocycles. The predicted octanol–water partition coefficient (Wildman–Crippen LogP) is 16.7. The second-order valence-corrected chi connectivity index (χ2v) is 33.4. The molecular weight excluding hydrogens is 1670 g/mol. The number of aromatic amines is 4. The van der Waals surface area contributed by atoms with Gasteiger partial charge in [-0.1, -0.05) is 60.3 Å². The monoisotopic (exact) mass is 1780 g/mol. The molecule has 4 amide bonds. The molecule has 4 aliphatic heterocycles. The second kappa shape index (κ2) is 45.3. The highest BCUT2D eigenvalue weighted by atomic mass is 32.2. The van der Waals surface area contributed by atoms with E-state index in [-0.39, 0.29) is 68.6 Å². The van der Waals surface area contributed by atoms with Crippen molar-refractivity contribution in [1.29, 1.82) is 0 Å². The topological polar surface area (TPSA) is 373 Å². The number of carbonyl (C=O) groups excluding carboxylic acids is 4. The normalized spacial score (nSPS) is 14.1. The summed E-state index contributed by atoms with van der Waals surface area (Å²) in [7, 11) is 1.89. The number of likely N-dealkylation sites (N-methyl/N-ethyl adjacent to an activating group) is 1. The van der Waals surface area contributed by atoms with E-state index < -0.39 is 0 Å². The van der Waals surface area contributed by atoms with Gasteiger partial charge in [0.25, 0.3) is 45.9 Å². The van der Waals surface area contributed by atoms with Crippen LogP contribution in [0, 0.1) is 0 Å². The highest BCUT2D eigenvalue weighted by Gasteiger charge is 2.24. The van der Waals surface area contributed by atoms with Crippen LogP contribution >= 0.6 is 11.8 Å². The first-order valence-electron chi connectivity index (χ1n) is 44.9. The number of thioether (sulfide) groups is 1. The molecule has 13 aromatic rings. The van der Waals surface area contributed by atoms with E-state index in [2.05, 4.69) is 119 Å². The molecule has 131 heavy (non-hydrogen) atoms. The van der Waals surface area contributed by atoms with E-state index in [0.717, 1.165) is 122 Å². The third-order valence-corrected chi connectivity index (χ3v) is 23.7. The van der Waals surface area contributed by atoms with Gasteiger partial charge >= 0.3 is 0 Å². The maximum absolute atomic E-state index is 12.9. The smallest absolute Gasteiger partial charge is 0.271 e. The summed E-state index contributed by atoms with van der Waals surface area (Å²) in [5, 5.41) is 24.6. The Morgan fingerprint density at radius 2 is 0.679 bits per heavy atom. The SMILES string of the molecule is CNCCNc1cccc(-c2c[nH]c(=O)c(NC(=O)c3ccc(N4CCCCC4)cc3)c2)n1.CSc1nccc(-c2c[nH]c(=O)c(NC(=O)c3ccc(N4CCCCC4)cc3)c2)n1.O=C(Nc1cc(-c2cccc(NC3CC3)n2)c[nH]c1=O)c1ccc(N2CCCCC2)cc1.O=C(Nc1cc(-c2cccc(NCc3ccccc3)n2)c[nH]c1=O)c1ccc(N2CCCCC2)cc1. The van der Waals surface area contributed by atoms with E-state index in [4.69, 9.17) is 0 Å². The highest BCUT2D eigenvalue weighted by Crippen LogP contribution is 2.31. The average Bonchev–Trinajstić information content (AvgIpc) is 1.65. The van der Waals surface area contributed by atoms with Crippen molar-refractivity contribution in [3.05, 3.63) is 313 Å². The third-order valence-electron chi connectivity index (χ3n) is 23.2. The van der Waals surface area contributed by atoms with Gasteiger partial charge in [0.15, 0.2) is 5.16 Å². The van der Waals surface area contributed by atoms with Crippen molar-refractivity contribution in [2.75, 3.05) is 136 Å². The van der Waals surface area contributed by atoms with Gasteiger partial charge in [-0.05, 0) is 273 Å². The summed E-state index contributed by atoms with van der Waals surface area (Å²) in [4.78, 5) is 143. The number of carbonyl (C=O) groups is 4. The van der Waals surface area contributed by atoms with Gasteiger partial charge in [0.05, 0.1) is 22.8 Å². The fraction of sp³-hybridized carbons (Fsp3) is 0.277. The van der Waals surface area contributed by atoms with Crippen LogP contribution in [0.1, 0.15) is 137 Å². The van der Waals surface area contributed by atoms with Crippen LogP contribution in [0.2, 0.25) is 0 Å². The number of rotatable bonds is 26. The molecule has 18 rings (SSSR count). The minimum absolute atomic E-state index is 0.182. The Morgan fingerprint density at radius 3 is 1.01 bits per heavy atom. The molecule has 29 nitrogen and oxygen atoms in total. The van der Waals surface area contributed by atoms with Crippen LogP contribution in [-0.4, -0.2) is 153 Å². The van der Waals surface area contributed by atoms with E-state index in [0.29, 0.717) is 73.8 Å². The van der Waals surface area contributed by atoms with Crippen molar-refractivity contribution < 1.29 is 19.2 Å². The van der Waals surface area contributed by atoms with Crippen molar-refractivity contribution in [3.63, 3.8) is 0 Å². The summed E-state index contributed by atoms with van der Waals surface area (Å²) >= 11 is 1.44. The molecule has 0 atom stereocenters. The van der Waals surface area contributed by atoms with Crippen LogP contribution < -0.4 is 84.4 Å². The minimum Gasteiger partial charge on any atom is -0.372 e. The fourth-order valence-electron chi connectivity index (χ4n) is 15.8. The molecule has 4 saturated heterocycles. The van der Waals surface area contributed by atoms with E-state index >= 15 is 0 Å². The molecular formula is C101H109N21O8S.